The maximum absolute atomic E-state index is 11.8. The molecular formula is C13H15N3O5. The topological polar surface area (TPSA) is 128 Å². The predicted molar refractivity (Wildman–Crippen MR) is 72.1 cm³/mol. The lowest BCUT2D eigenvalue weighted by Crippen LogP contribution is -2.42. The molecule has 0 aromatic heterocycles. The van der Waals surface area contributed by atoms with E-state index < -0.39 is 36.5 Å². The summed E-state index contributed by atoms with van der Waals surface area (Å²) in [6.07, 6.45) is 0. The summed E-state index contributed by atoms with van der Waals surface area (Å²) in [5, 5.41) is 4.16. The maximum atomic E-state index is 11.8. The molecule has 0 saturated carbocycles. The molecule has 0 unspecified atom stereocenters. The van der Waals surface area contributed by atoms with Crippen molar-refractivity contribution in [3.8, 4) is 0 Å². The Kier molecular flexibility index (Phi) is 5.87. The SMILES string of the molecule is C[C@H](NC(=O)c1ccccc1)C(=O)OCC(=O)NC(N)=O. The summed E-state index contributed by atoms with van der Waals surface area (Å²) in [5.74, 6) is -2.10. The number of rotatable bonds is 5. The number of imide groups is 1. The third kappa shape index (κ3) is 5.72. The molecule has 0 bridgehead atoms. The van der Waals surface area contributed by atoms with Crippen molar-refractivity contribution in [2.75, 3.05) is 6.61 Å². The maximum Gasteiger partial charge on any atom is 0.328 e. The number of hydrogen-bond acceptors (Lipinski definition) is 5. The van der Waals surface area contributed by atoms with Crippen molar-refractivity contribution in [2.45, 2.75) is 13.0 Å². The van der Waals surface area contributed by atoms with Gasteiger partial charge in [0, 0.05) is 5.56 Å². The number of benzene rings is 1. The van der Waals surface area contributed by atoms with Crippen LogP contribution in [0.5, 0.6) is 0 Å². The van der Waals surface area contributed by atoms with Crippen LogP contribution in [0.1, 0.15) is 17.3 Å². The first-order chi connectivity index (χ1) is 9.90. The molecule has 4 amide bonds. The van der Waals surface area contributed by atoms with Gasteiger partial charge < -0.3 is 15.8 Å². The Bertz CT molecular complexity index is 544. The highest BCUT2D eigenvalue weighted by atomic mass is 16.5. The Morgan fingerprint density at radius 2 is 1.81 bits per heavy atom. The first-order valence-electron chi connectivity index (χ1n) is 6.02. The second-order valence-corrected chi connectivity index (χ2v) is 4.08. The summed E-state index contributed by atoms with van der Waals surface area (Å²) in [6, 6.07) is 6.33. The van der Waals surface area contributed by atoms with E-state index in [4.69, 9.17) is 5.73 Å². The number of urea groups is 1. The van der Waals surface area contributed by atoms with E-state index in [1.807, 2.05) is 0 Å². The van der Waals surface area contributed by atoms with Gasteiger partial charge in [-0.25, -0.2) is 9.59 Å². The second-order valence-electron chi connectivity index (χ2n) is 4.08. The molecule has 21 heavy (non-hydrogen) atoms. The van der Waals surface area contributed by atoms with E-state index in [0.717, 1.165) is 0 Å². The largest absolute Gasteiger partial charge is 0.454 e. The molecule has 1 aromatic carbocycles. The van der Waals surface area contributed by atoms with Gasteiger partial charge in [0.05, 0.1) is 0 Å². The van der Waals surface area contributed by atoms with Crippen LogP contribution in [0.25, 0.3) is 0 Å². The zero-order chi connectivity index (χ0) is 15.8. The zero-order valence-electron chi connectivity index (χ0n) is 11.3. The molecule has 0 aliphatic carbocycles. The van der Waals surface area contributed by atoms with Crippen LogP contribution in [0.2, 0.25) is 0 Å². The van der Waals surface area contributed by atoms with Crippen molar-refractivity contribution in [3.63, 3.8) is 0 Å². The van der Waals surface area contributed by atoms with Crippen LogP contribution < -0.4 is 16.4 Å². The van der Waals surface area contributed by atoms with Crippen LogP contribution in [0, 0.1) is 0 Å². The average molecular weight is 293 g/mol. The van der Waals surface area contributed by atoms with Crippen LogP contribution >= 0.6 is 0 Å². The fourth-order valence-electron chi connectivity index (χ4n) is 1.36. The fourth-order valence-corrected chi connectivity index (χ4v) is 1.36. The number of hydrogen-bond donors (Lipinski definition) is 3. The zero-order valence-corrected chi connectivity index (χ0v) is 11.3. The van der Waals surface area contributed by atoms with E-state index in [-0.39, 0.29) is 0 Å². The highest BCUT2D eigenvalue weighted by Gasteiger charge is 2.19. The van der Waals surface area contributed by atoms with Gasteiger partial charge in [-0.2, -0.15) is 0 Å². The first kappa shape index (κ1) is 16.2. The molecule has 0 spiro atoms. The molecule has 1 aromatic rings. The van der Waals surface area contributed by atoms with Gasteiger partial charge in [0.2, 0.25) is 0 Å². The molecule has 0 heterocycles. The molecule has 1 rings (SSSR count). The van der Waals surface area contributed by atoms with Gasteiger partial charge >= 0.3 is 12.0 Å². The molecule has 8 nitrogen and oxygen atoms in total. The molecule has 0 aliphatic rings. The van der Waals surface area contributed by atoms with Gasteiger partial charge in [0.25, 0.3) is 11.8 Å². The minimum absolute atomic E-state index is 0.392. The standard InChI is InChI=1S/C13H15N3O5/c1-8(12(19)21-7-10(17)16-13(14)20)15-11(18)9-5-3-2-4-6-9/h2-6,8H,7H2,1H3,(H,15,18)(H3,14,16,17,20)/t8-/m0/s1. The Labute approximate surface area is 120 Å². The summed E-state index contributed by atoms with van der Waals surface area (Å²) in [4.78, 5) is 44.8. The van der Waals surface area contributed by atoms with Crippen LogP contribution in [0.4, 0.5) is 4.79 Å². The highest BCUT2D eigenvalue weighted by Crippen LogP contribution is 1.99. The van der Waals surface area contributed by atoms with E-state index in [9.17, 15) is 19.2 Å². The van der Waals surface area contributed by atoms with Gasteiger partial charge in [-0.05, 0) is 19.1 Å². The summed E-state index contributed by atoms with van der Waals surface area (Å²) < 4.78 is 4.63. The molecule has 4 N–H and O–H groups in total. The molecule has 1 atom stereocenters. The lowest BCUT2D eigenvalue weighted by atomic mass is 10.2. The number of nitrogens with two attached hydrogens (primary N) is 1. The number of esters is 1. The Morgan fingerprint density at radius 1 is 1.19 bits per heavy atom. The van der Waals surface area contributed by atoms with Crippen molar-refractivity contribution in [1.82, 2.24) is 10.6 Å². The third-order valence-corrected chi connectivity index (χ3v) is 2.35. The Hall–Kier alpha value is -2.90. The highest BCUT2D eigenvalue weighted by molar-refractivity contribution is 5.97. The molecule has 0 fully saturated rings. The number of carbonyl (C=O) groups is 4. The van der Waals surface area contributed by atoms with Gasteiger partial charge in [-0.15, -0.1) is 0 Å². The van der Waals surface area contributed by atoms with Crippen LogP contribution in [-0.2, 0) is 14.3 Å². The molecule has 8 heteroatoms. The van der Waals surface area contributed by atoms with Crippen molar-refractivity contribution in [3.05, 3.63) is 35.9 Å². The van der Waals surface area contributed by atoms with E-state index in [2.05, 4.69) is 10.1 Å². The third-order valence-electron chi connectivity index (χ3n) is 2.35. The predicted octanol–water partition coefficient (Wildman–Crippen LogP) is -0.457. The van der Waals surface area contributed by atoms with Gasteiger partial charge in [0.15, 0.2) is 6.61 Å². The van der Waals surface area contributed by atoms with E-state index >= 15 is 0 Å². The smallest absolute Gasteiger partial charge is 0.328 e. The number of nitrogens with one attached hydrogen (secondary N) is 2. The summed E-state index contributed by atoms with van der Waals surface area (Å²) in [6.45, 7) is 0.752. The van der Waals surface area contributed by atoms with Gasteiger partial charge in [-0.3, -0.25) is 14.9 Å². The summed E-state index contributed by atoms with van der Waals surface area (Å²) in [7, 11) is 0. The monoisotopic (exact) mass is 293 g/mol. The van der Waals surface area contributed by atoms with Crippen molar-refractivity contribution >= 4 is 23.8 Å². The minimum atomic E-state index is -1.04. The van der Waals surface area contributed by atoms with Crippen LogP contribution in [0.15, 0.2) is 30.3 Å². The second kappa shape index (κ2) is 7.63. The lowest BCUT2D eigenvalue weighted by Gasteiger charge is -2.13. The van der Waals surface area contributed by atoms with Crippen LogP contribution in [0.3, 0.4) is 0 Å². The molecule has 0 radical (unpaired) electrons. The van der Waals surface area contributed by atoms with Gasteiger partial charge in [0.1, 0.15) is 6.04 Å². The normalized spacial score (nSPS) is 11.1. The number of carbonyl (C=O) groups excluding carboxylic acids is 4. The van der Waals surface area contributed by atoms with Crippen molar-refractivity contribution in [2.24, 2.45) is 5.73 Å². The number of amides is 4. The Balaban J connectivity index is 2.43. The Morgan fingerprint density at radius 3 is 2.38 bits per heavy atom. The number of primary amides is 1. The van der Waals surface area contributed by atoms with Gasteiger partial charge in [-0.1, -0.05) is 18.2 Å². The molecule has 0 saturated heterocycles. The molecule has 112 valence electrons. The van der Waals surface area contributed by atoms with E-state index in [1.54, 1.807) is 35.6 Å². The van der Waals surface area contributed by atoms with Crippen molar-refractivity contribution < 1.29 is 23.9 Å². The summed E-state index contributed by atoms with van der Waals surface area (Å²) in [5.41, 5.74) is 5.11. The average Bonchev–Trinajstić information content (AvgIpc) is 2.44. The minimum Gasteiger partial charge on any atom is -0.454 e. The molecular weight excluding hydrogens is 278 g/mol. The van der Waals surface area contributed by atoms with E-state index in [0.29, 0.717) is 5.56 Å². The lowest BCUT2D eigenvalue weighted by molar-refractivity contribution is -0.149. The molecule has 0 aliphatic heterocycles. The first-order valence-corrected chi connectivity index (χ1v) is 6.02. The quantitative estimate of drug-likeness (QED) is 0.633. The van der Waals surface area contributed by atoms with Crippen LogP contribution in [-0.4, -0.2) is 36.5 Å². The fraction of sp³-hybridized carbons (Fsp3) is 0.231. The number of ether oxygens (including phenoxy) is 1. The van der Waals surface area contributed by atoms with Crippen molar-refractivity contribution in [1.29, 1.82) is 0 Å². The summed E-state index contributed by atoms with van der Waals surface area (Å²) >= 11 is 0. The van der Waals surface area contributed by atoms with E-state index in [1.165, 1.54) is 6.92 Å².